The van der Waals surface area contributed by atoms with Crippen LogP contribution in [0.4, 0.5) is 9.52 Å². The van der Waals surface area contributed by atoms with Crippen LogP contribution < -0.4 is 9.64 Å². The van der Waals surface area contributed by atoms with Crippen LogP contribution >= 0.6 is 34.5 Å². The minimum atomic E-state index is -1.05. The largest absolute Gasteiger partial charge is 0.507 e. The molecule has 1 unspecified atom stereocenters. The van der Waals surface area contributed by atoms with Crippen LogP contribution in [0.25, 0.3) is 16.0 Å². The van der Waals surface area contributed by atoms with Crippen LogP contribution in [0.5, 0.6) is 5.75 Å². The van der Waals surface area contributed by atoms with Crippen molar-refractivity contribution in [3.8, 4) is 5.75 Å². The number of Topliss-reactive ketones (excluding diaryl/α,β-unsaturated/α-hetero) is 1. The Balaban J connectivity index is 1.67. The van der Waals surface area contributed by atoms with E-state index in [1.54, 1.807) is 36.4 Å². The monoisotopic (exact) mass is 556 g/mol. The highest BCUT2D eigenvalue weighted by atomic mass is 35.5. The number of halogens is 3. The fourth-order valence-electron chi connectivity index (χ4n) is 4.10. The molecular formula is C27H19Cl2FN2O4S. The smallest absolute Gasteiger partial charge is 0.301 e. The van der Waals surface area contributed by atoms with Gasteiger partial charge < -0.3 is 9.84 Å². The minimum absolute atomic E-state index is 0.129. The van der Waals surface area contributed by atoms with Gasteiger partial charge in [0.15, 0.2) is 5.13 Å². The summed E-state index contributed by atoms with van der Waals surface area (Å²) >= 11 is 13.5. The van der Waals surface area contributed by atoms with Crippen molar-refractivity contribution in [2.45, 2.75) is 19.4 Å². The first-order chi connectivity index (χ1) is 17.8. The number of aromatic nitrogens is 1. The molecule has 0 spiro atoms. The summed E-state index contributed by atoms with van der Waals surface area (Å²) in [5, 5.41) is 12.0. The van der Waals surface area contributed by atoms with Crippen molar-refractivity contribution in [1.82, 2.24) is 4.98 Å². The van der Waals surface area contributed by atoms with E-state index in [0.717, 1.165) is 17.8 Å². The Bertz CT molecular complexity index is 1570. The Morgan fingerprint density at radius 3 is 2.54 bits per heavy atom. The summed E-state index contributed by atoms with van der Waals surface area (Å²) in [6.45, 7) is 2.53. The number of carbonyl (C=O) groups excluding carboxylic acids is 2. The third kappa shape index (κ3) is 4.68. The zero-order valence-electron chi connectivity index (χ0n) is 19.4. The summed E-state index contributed by atoms with van der Waals surface area (Å²) in [4.78, 5) is 32.4. The maximum Gasteiger partial charge on any atom is 0.301 e. The lowest BCUT2D eigenvalue weighted by Crippen LogP contribution is -2.29. The molecule has 1 aliphatic rings. The molecule has 3 aromatic carbocycles. The Labute approximate surface area is 225 Å². The van der Waals surface area contributed by atoms with Crippen LogP contribution in [-0.4, -0.2) is 28.4 Å². The van der Waals surface area contributed by atoms with Crippen LogP contribution in [0.1, 0.15) is 30.5 Å². The normalized spacial score (nSPS) is 17.1. The van der Waals surface area contributed by atoms with E-state index >= 15 is 0 Å². The lowest BCUT2D eigenvalue weighted by molar-refractivity contribution is -0.132. The number of ether oxygens (including phenoxy) is 1. The first-order valence-corrected chi connectivity index (χ1v) is 12.9. The van der Waals surface area contributed by atoms with Gasteiger partial charge in [-0.3, -0.25) is 14.5 Å². The van der Waals surface area contributed by atoms with E-state index in [2.05, 4.69) is 4.98 Å². The Morgan fingerprint density at radius 2 is 1.84 bits per heavy atom. The van der Waals surface area contributed by atoms with E-state index < -0.39 is 23.5 Å². The number of anilines is 1. The van der Waals surface area contributed by atoms with Crippen molar-refractivity contribution in [3.05, 3.63) is 93.2 Å². The van der Waals surface area contributed by atoms with Crippen molar-refractivity contribution in [2.24, 2.45) is 0 Å². The van der Waals surface area contributed by atoms with Crippen molar-refractivity contribution < 1.29 is 23.8 Å². The SMILES string of the molecule is CCCOc1ccc(C(O)=C2C(=O)C(=O)N(c3nc4ccc(F)cc4s3)C2c2ccc(Cl)c(Cl)c2)cc1. The summed E-state index contributed by atoms with van der Waals surface area (Å²) in [6.07, 6.45) is 0.841. The minimum Gasteiger partial charge on any atom is -0.507 e. The van der Waals surface area contributed by atoms with Gasteiger partial charge in [-0.25, -0.2) is 9.37 Å². The molecule has 1 aromatic heterocycles. The summed E-state index contributed by atoms with van der Waals surface area (Å²) in [7, 11) is 0. The topological polar surface area (TPSA) is 79.7 Å². The molecule has 0 radical (unpaired) electrons. The van der Waals surface area contributed by atoms with Crippen LogP contribution in [-0.2, 0) is 9.59 Å². The lowest BCUT2D eigenvalue weighted by atomic mass is 9.95. The van der Waals surface area contributed by atoms with Gasteiger partial charge in [0.25, 0.3) is 5.78 Å². The first kappa shape index (κ1) is 25.2. The van der Waals surface area contributed by atoms with Gasteiger partial charge in [-0.15, -0.1) is 0 Å². The van der Waals surface area contributed by atoms with E-state index in [4.69, 9.17) is 27.9 Å². The highest BCUT2D eigenvalue weighted by molar-refractivity contribution is 7.22. The van der Waals surface area contributed by atoms with Gasteiger partial charge in [-0.2, -0.15) is 0 Å². The van der Waals surface area contributed by atoms with Crippen molar-refractivity contribution in [2.75, 3.05) is 11.5 Å². The Hall–Kier alpha value is -3.46. The summed E-state index contributed by atoms with van der Waals surface area (Å²) in [6, 6.07) is 14.3. The summed E-state index contributed by atoms with van der Waals surface area (Å²) in [5.74, 6) is -1.95. The van der Waals surface area contributed by atoms with Gasteiger partial charge >= 0.3 is 5.91 Å². The third-order valence-corrected chi connectivity index (χ3v) is 7.61. The van der Waals surface area contributed by atoms with Crippen LogP contribution in [0.3, 0.4) is 0 Å². The number of thiazole rings is 1. The Morgan fingerprint density at radius 1 is 1.08 bits per heavy atom. The fourth-order valence-corrected chi connectivity index (χ4v) is 5.43. The molecule has 1 fully saturated rings. The van der Waals surface area contributed by atoms with E-state index in [1.165, 1.54) is 29.2 Å². The third-order valence-electron chi connectivity index (χ3n) is 5.85. The number of aliphatic hydroxyl groups is 1. The zero-order chi connectivity index (χ0) is 26.3. The molecule has 2 heterocycles. The standard InChI is InChI=1S/C27H19Cl2FN2O4S/c1-2-11-36-17-7-3-14(4-8-17)24(33)22-23(15-5-9-18(28)19(29)12-15)32(26(35)25(22)34)27-31-20-10-6-16(30)13-21(20)37-27/h3-10,12-13,23,33H,2,11H2,1H3. The summed E-state index contributed by atoms with van der Waals surface area (Å²) in [5.41, 5.74) is 1.12. The van der Waals surface area contributed by atoms with Crippen LogP contribution in [0.15, 0.2) is 66.2 Å². The number of benzene rings is 3. The van der Waals surface area contributed by atoms with E-state index in [9.17, 15) is 19.1 Å². The molecule has 0 aliphatic carbocycles. The number of hydrogen-bond donors (Lipinski definition) is 1. The lowest BCUT2D eigenvalue weighted by Gasteiger charge is -2.23. The number of hydrogen-bond acceptors (Lipinski definition) is 6. The molecule has 4 aromatic rings. The number of carbonyl (C=O) groups is 2. The number of nitrogens with zero attached hydrogens (tertiary/aromatic N) is 2. The van der Waals surface area contributed by atoms with Crippen molar-refractivity contribution in [1.29, 1.82) is 0 Å². The molecule has 5 rings (SSSR count). The average Bonchev–Trinajstić information content (AvgIpc) is 3.42. The first-order valence-electron chi connectivity index (χ1n) is 11.3. The zero-order valence-corrected chi connectivity index (χ0v) is 21.7. The van der Waals surface area contributed by atoms with E-state index in [0.29, 0.717) is 38.7 Å². The Kier molecular flexibility index (Phi) is 6.90. The highest BCUT2D eigenvalue weighted by Gasteiger charge is 2.48. The second-order valence-corrected chi connectivity index (χ2v) is 10.1. The van der Waals surface area contributed by atoms with Crippen molar-refractivity contribution >= 4 is 67.3 Å². The molecule has 1 aliphatic heterocycles. The van der Waals surface area contributed by atoms with Gasteiger partial charge in [0.1, 0.15) is 17.3 Å². The van der Waals surface area contributed by atoms with E-state index in [-0.39, 0.29) is 21.5 Å². The molecular weight excluding hydrogens is 538 g/mol. The van der Waals surface area contributed by atoms with E-state index in [1.807, 2.05) is 6.92 Å². The van der Waals surface area contributed by atoms with Gasteiger partial charge in [0, 0.05) is 5.56 Å². The van der Waals surface area contributed by atoms with Gasteiger partial charge in [-0.05, 0) is 66.6 Å². The number of ketones is 1. The number of rotatable bonds is 6. The van der Waals surface area contributed by atoms with Crippen LogP contribution in [0.2, 0.25) is 10.0 Å². The van der Waals surface area contributed by atoms with Crippen LogP contribution in [0, 0.1) is 5.82 Å². The maximum atomic E-state index is 13.8. The molecule has 1 atom stereocenters. The fraction of sp³-hybridized carbons (Fsp3) is 0.148. The molecule has 10 heteroatoms. The molecule has 0 bridgehead atoms. The molecule has 1 saturated heterocycles. The average molecular weight is 557 g/mol. The second kappa shape index (κ2) is 10.1. The molecule has 1 amide bonds. The maximum absolute atomic E-state index is 13.8. The molecule has 188 valence electrons. The second-order valence-electron chi connectivity index (χ2n) is 8.32. The predicted molar refractivity (Wildman–Crippen MR) is 143 cm³/mol. The molecule has 6 nitrogen and oxygen atoms in total. The number of amides is 1. The highest BCUT2D eigenvalue weighted by Crippen LogP contribution is 2.45. The van der Waals surface area contributed by atoms with Gasteiger partial charge in [0.05, 0.1) is 38.5 Å². The summed E-state index contributed by atoms with van der Waals surface area (Å²) < 4.78 is 19.9. The van der Waals surface area contributed by atoms with Gasteiger partial charge in [-0.1, -0.05) is 47.5 Å². The molecule has 37 heavy (non-hydrogen) atoms. The molecule has 0 saturated carbocycles. The predicted octanol–water partition coefficient (Wildman–Crippen LogP) is 7.16. The molecule has 1 N–H and O–H groups in total. The number of aliphatic hydroxyl groups excluding tert-OH is 1. The van der Waals surface area contributed by atoms with Gasteiger partial charge in [0.2, 0.25) is 0 Å². The quantitative estimate of drug-likeness (QED) is 0.155. The number of fused-ring (bicyclic) bond motifs is 1. The van der Waals surface area contributed by atoms with Crippen molar-refractivity contribution in [3.63, 3.8) is 0 Å².